The van der Waals surface area contributed by atoms with Crippen LogP contribution in [0.2, 0.25) is 0 Å². The summed E-state index contributed by atoms with van der Waals surface area (Å²) in [5.41, 5.74) is 1.70. The van der Waals surface area contributed by atoms with E-state index in [0.717, 1.165) is 18.6 Å². The maximum atomic E-state index is 10.8. The molecule has 20 heavy (non-hydrogen) atoms. The molecule has 114 valence electrons. The van der Waals surface area contributed by atoms with Crippen molar-refractivity contribution >= 4 is 6.29 Å². The maximum absolute atomic E-state index is 10.8. The first-order valence-electron chi connectivity index (χ1n) is 8.00. The summed E-state index contributed by atoms with van der Waals surface area (Å²) in [5, 5.41) is 0. The Hall–Kier alpha value is -0.630. The van der Waals surface area contributed by atoms with E-state index in [1.807, 2.05) is 7.11 Å². The van der Waals surface area contributed by atoms with E-state index in [1.54, 1.807) is 0 Å². The van der Waals surface area contributed by atoms with Gasteiger partial charge in [-0.25, -0.2) is 0 Å². The molecule has 2 heteroatoms. The highest BCUT2D eigenvalue weighted by Crippen LogP contribution is 2.61. The number of methoxy groups -OCH3 is 1. The molecule has 2 fully saturated rings. The minimum absolute atomic E-state index is 0.191. The highest BCUT2D eigenvalue weighted by atomic mass is 16.5. The third-order valence-electron chi connectivity index (χ3n) is 6.35. The van der Waals surface area contributed by atoms with Crippen LogP contribution in [0.1, 0.15) is 59.3 Å². The van der Waals surface area contributed by atoms with Crippen molar-refractivity contribution < 1.29 is 9.53 Å². The number of aldehydes is 1. The average molecular weight is 278 g/mol. The van der Waals surface area contributed by atoms with Crippen LogP contribution in [-0.4, -0.2) is 19.5 Å². The normalized spacial score (nSPS) is 39.3. The van der Waals surface area contributed by atoms with Gasteiger partial charge in [-0.1, -0.05) is 26.0 Å². The molecule has 2 saturated carbocycles. The molecule has 0 heterocycles. The molecule has 0 unspecified atom stereocenters. The van der Waals surface area contributed by atoms with Crippen LogP contribution in [0.15, 0.2) is 12.2 Å². The highest BCUT2D eigenvalue weighted by molar-refractivity contribution is 5.49. The lowest BCUT2D eigenvalue weighted by molar-refractivity contribution is -0.108. The summed E-state index contributed by atoms with van der Waals surface area (Å²) in [6, 6.07) is 0. The number of fused-ring (bicyclic) bond motifs is 1. The average Bonchev–Trinajstić information content (AvgIpc) is 2.78. The van der Waals surface area contributed by atoms with Gasteiger partial charge in [0.15, 0.2) is 0 Å². The molecule has 0 bridgehead atoms. The van der Waals surface area contributed by atoms with Gasteiger partial charge in [-0.2, -0.15) is 0 Å². The van der Waals surface area contributed by atoms with E-state index in [1.165, 1.54) is 31.3 Å². The fourth-order valence-electron chi connectivity index (χ4n) is 4.99. The van der Waals surface area contributed by atoms with Gasteiger partial charge in [0.2, 0.25) is 0 Å². The molecule has 0 aromatic rings. The number of ether oxygens (including phenoxy) is 1. The fraction of sp³-hybridized carbons (Fsp3) is 0.833. The number of carbonyl (C=O) groups excluding carboxylic acids is 1. The monoisotopic (exact) mass is 278 g/mol. The largest absolute Gasteiger partial charge is 0.381 e. The van der Waals surface area contributed by atoms with Gasteiger partial charge in [-0.15, -0.1) is 0 Å². The van der Waals surface area contributed by atoms with E-state index in [9.17, 15) is 4.79 Å². The van der Waals surface area contributed by atoms with Crippen molar-refractivity contribution in [2.75, 3.05) is 7.11 Å². The Kier molecular flexibility index (Phi) is 4.44. The van der Waals surface area contributed by atoms with Crippen molar-refractivity contribution in [1.29, 1.82) is 0 Å². The predicted molar refractivity (Wildman–Crippen MR) is 82.6 cm³/mol. The zero-order valence-corrected chi connectivity index (χ0v) is 13.6. The summed E-state index contributed by atoms with van der Waals surface area (Å²) in [5.74, 6) is 1.48. The molecule has 0 spiro atoms. The summed E-state index contributed by atoms with van der Waals surface area (Å²) in [6.45, 7) is 11.2. The molecule has 2 aliphatic carbocycles. The molecule has 2 nitrogen and oxygen atoms in total. The van der Waals surface area contributed by atoms with E-state index in [4.69, 9.17) is 4.74 Å². The number of hydrogen-bond acceptors (Lipinski definition) is 2. The van der Waals surface area contributed by atoms with Crippen molar-refractivity contribution in [3.8, 4) is 0 Å². The summed E-state index contributed by atoms with van der Waals surface area (Å²) < 4.78 is 5.75. The van der Waals surface area contributed by atoms with E-state index >= 15 is 0 Å². The summed E-state index contributed by atoms with van der Waals surface area (Å²) in [4.78, 5) is 10.8. The van der Waals surface area contributed by atoms with Gasteiger partial charge in [-0.05, 0) is 61.7 Å². The van der Waals surface area contributed by atoms with Crippen LogP contribution >= 0.6 is 0 Å². The van der Waals surface area contributed by atoms with Gasteiger partial charge in [0.05, 0.1) is 6.10 Å². The Balaban J connectivity index is 2.23. The van der Waals surface area contributed by atoms with Crippen molar-refractivity contribution in [3.05, 3.63) is 12.2 Å². The molecule has 0 radical (unpaired) electrons. The number of allylic oxidation sites excluding steroid dienone is 1. The molecule has 0 amide bonds. The van der Waals surface area contributed by atoms with Crippen molar-refractivity contribution in [2.24, 2.45) is 22.7 Å². The highest BCUT2D eigenvalue weighted by Gasteiger charge is 2.54. The van der Waals surface area contributed by atoms with Crippen LogP contribution in [0.25, 0.3) is 0 Å². The van der Waals surface area contributed by atoms with E-state index in [-0.39, 0.29) is 10.8 Å². The third-order valence-corrected chi connectivity index (χ3v) is 6.35. The van der Waals surface area contributed by atoms with Crippen LogP contribution in [0.3, 0.4) is 0 Å². The molecule has 2 rings (SSSR count). The standard InChI is InChI=1S/C18H30O2/c1-13(2)18(9-6-10-19)11-14-7-8-16(20-5)17(3,4)15(14)12-18/h10,14-16H,1,6-9,11-12H2,2-5H3/t14-,15-,16+,18+/m1/s1. The maximum Gasteiger partial charge on any atom is 0.120 e. The first-order chi connectivity index (χ1) is 9.37. The summed E-state index contributed by atoms with van der Waals surface area (Å²) in [7, 11) is 1.85. The van der Waals surface area contributed by atoms with E-state index in [2.05, 4.69) is 27.4 Å². The molecule has 2 aliphatic rings. The van der Waals surface area contributed by atoms with Crippen LogP contribution < -0.4 is 0 Å². The topological polar surface area (TPSA) is 26.3 Å². The zero-order valence-electron chi connectivity index (χ0n) is 13.6. The SMILES string of the molecule is C=C(C)[C@@]1(CCC=O)C[C@H]2CC[C@H](OC)C(C)(C)[C@@H]2C1. The number of hydrogen-bond donors (Lipinski definition) is 0. The minimum atomic E-state index is 0.191. The zero-order chi connectivity index (χ0) is 15.0. The van der Waals surface area contributed by atoms with Crippen LogP contribution in [0.5, 0.6) is 0 Å². The molecule has 0 aromatic heterocycles. The molecule has 0 saturated heterocycles. The second-order valence-corrected chi connectivity index (χ2v) is 7.66. The predicted octanol–water partition coefficient (Wildman–Crippen LogP) is 4.39. The van der Waals surface area contributed by atoms with Crippen LogP contribution in [-0.2, 0) is 9.53 Å². The number of carbonyl (C=O) groups is 1. The Bertz CT molecular complexity index is 385. The lowest BCUT2D eigenvalue weighted by atomic mass is 9.63. The second kappa shape index (κ2) is 5.63. The Morgan fingerprint density at radius 3 is 2.60 bits per heavy atom. The van der Waals surface area contributed by atoms with Gasteiger partial charge in [-0.3, -0.25) is 0 Å². The Morgan fingerprint density at radius 2 is 2.05 bits per heavy atom. The third kappa shape index (κ3) is 2.47. The summed E-state index contributed by atoms with van der Waals surface area (Å²) >= 11 is 0. The molecular formula is C18H30O2. The Labute approximate surface area is 124 Å². The van der Waals surface area contributed by atoms with Gasteiger partial charge >= 0.3 is 0 Å². The quantitative estimate of drug-likeness (QED) is 0.551. The van der Waals surface area contributed by atoms with Crippen LogP contribution in [0, 0.1) is 22.7 Å². The molecule has 0 N–H and O–H groups in total. The van der Waals surface area contributed by atoms with E-state index < -0.39 is 0 Å². The van der Waals surface area contributed by atoms with Gasteiger partial charge in [0, 0.05) is 13.5 Å². The minimum Gasteiger partial charge on any atom is -0.381 e. The van der Waals surface area contributed by atoms with Crippen molar-refractivity contribution in [3.63, 3.8) is 0 Å². The molecule has 0 aromatic carbocycles. The first-order valence-corrected chi connectivity index (χ1v) is 8.00. The molecular weight excluding hydrogens is 248 g/mol. The molecule has 0 aliphatic heterocycles. The van der Waals surface area contributed by atoms with Crippen LogP contribution in [0.4, 0.5) is 0 Å². The van der Waals surface area contributed by atoms with E-state index in [0.29, 0.717) is 18.4 Å². The summed E-state index contributed by atoms with van der Waals surface area (Å²) in [6.07, 6.45) is 7.93. The lowest BCUT2D eigenvalue weighted by Crippen LogP contribution is -2.43. The lowest BCUT2D eigenvalue weighted by Gasteiger charge is -2.46. The van der Waals surface area contributed by atoms with Gasteiger partial charge in [0.1, 0.15) is 6.29 Å². The first kappa shape index (κ1) is 15.8. The van der Waals surface area contributed by atoms with Gasteiger partial charge in [0.25, 0.3) is 0 Å². The van der Waals surface area contributed by atoms with Gasteiger partial charge < -0.3 is 9.53 Å². The van der Waals surface area contributed by atoms with Crippen molar-refractivity contribution in [2.45, 2.75) is 65.4 Å². The fourth-order valence-corrected chi connectivity index (χ4v) is 4.99. The smallest absolute Gasteiger partial charge is 0.120 e. The van der Waals surface area contributed by atoms with Crippen molar-refractivity contribution in [1.82, 2.24) is 0 Å². The second-order valence-electron chi connectivity index (χ2n) is 7.66. The Morgan fingerprint density at radius 1 is 1.35 bits per heavy atom. The number of rotatable bonds is 5. The molecule has 4 atom stereocenters.